The normalized spacial score (nSPS) is 31.5. The Balaban J connectivity index is 1.67. The van der Waals surface area contributed by atoms with Crippen molar-refractivity contribution >= 4 is 0 Å². The Kier molecular flexibility index (Phi) is 3.64. The van der Waals surface area contributed by atoms with Gasteiger partial charge in [-0.1, -0.05) is 56.0 Å². The van der Waals surface area contributed by atoms with E-state index in [1.54, 1.807) is 0 Å². The molecule has 3 atom stereocenters. The molecule has 2 saturated carbocycles. The summed E-state index contributed by atoms with van der Waals surface area (Å²) >= 11 is 0. The molecule has 2 heteroatoms. The average Bonchev–Trinajstić information content (AvgIpc) is 3.24. The van der Waals surface area contributed by atoms with E-state index < -0.39 is 11.7 Å². The van der Waals surface area contributed by atoms with E-state index in [4.69, 9.17) is 0 Å². The third kappa shape index (κ3) is 2.70. The minimum absolute atomic E-state index is 0.255. The fourth-order valence-corrected chi connectivity index (χ4v) is 3.68. The van der Waals surface area contributed by atoms with Crippen molar-refractivity contribution in [1.29, 1.82) is 0 Å². The lowest BCUT2D eigenvalue weighted by Gasteiger charge is -2.32. The van der Waals surface area contributed by atoms with Gasteiger partial charge in [-0.2, -0.15) is 0 Å². The molecule has 0 amide bonds. The zero-order chi connectivity index (χ0) is 13.3. The predicted octanol–water partition coefficient (Wildman–Crippen LogP) is 3.24. The molecule has 2 aliphatic rings. The number of aliphatic hydroxyl groups is 2. The summed E-state index contributed by atoms with van der Waals surface area (Å²) in [6.07, 6.45) is 6.51. The lowest BCUT2D eigenvalue weighted by atomic mass is 9.85. The minimum Gasteiger partial charge on any atom is -0.390 e. The van der Waals surface area contributed by atoms with Crippen LogP contribution in [0.3, 0.4) is 0 Å². The summed E-state index contributed by atoms with van der Waals surface area (Å²) in [7, 11) is 0. The molecule has 1 aromatic rings. The quantitative estimate of drug-likeness (QED) is 0.819. The standard InChI is InChI=1S/C17H24O2/c18-16(17(19)10-6-1-2-7-11-17)15-12-14(15)13-8-4-3-5-9-13/h3-5,8-9,14-16,18-19H,1-2,6-7,10-12H2. The smallest absolute Gasteiger partial charge is 0.0908 e. The van der Waals surface area contributed by atoms with Crippen LogP contribution in [0.5, 0.6) is 0 Å². The molecule has 104 valence electrons. The van der Waals surface area contributed by atoms with Gasteiger partial charge < -0.3 is 10.2 Å². The van der Waals surface area contributed by atoms with Crippen LogP contribution in [-0.2, 0) is 0 Å². The van der Waals surface area contributed by atoms with Crippen molar-refractivity contribution in [1.82, 2.24) is 0 Å². The Labute approximate surface area is 115 Å². The van der Waals surface area contributed by atoms with Crippen molar-refractivity contribution in [3.63, 3.8) is 0 Å². The van der Waals surface area contributed by atoms with Gasteiger partial charge in [0.15, 0.2) is 0 Å². The lowest BCUT2D eigenvalue weighted by Crippen LogP contribution is -2.43. The maximum atomic E-state index is 10.7. The van der Waals surface area contributed by atoms with E-state index in [2.05, 4.69) is 24.3 Å². The highest BCUT2D eigenvalue weighted by Crippen LogP contribution is 2.53. The first-order valence-corrected chi connectivity index (χ1v) is 7.66. The van der Waals surface area contributed by atoms with Crippen LogP contribution >= 0.6 is 0 Å². The van der Waals surface area contributed by atoms with Gasteiger partial charge in [-0.15, -0.1) is 0 Å². The van der Waals surface area contributed by atoms with Crippen molar-refractivity contribution in [2.24, 2.45) is 5.92 Å². The van der Waals surface area contributed by atoms with Crippen molar-refractivity contribution < 1.29 is 10.2 Å². The van der Waals surface area contributed by atoms with Crippen LogP contribution in [0.15, 0.2) is 30.3 Å². The highest BCUT2D eigenvalue weighted by molar-refractivity contribution is 5.27. The van der Waals surface area contributed by atoms with Crippen LogP contribution in [0.25, 0.3) is 0 Å². The zero-order valence-electron chi connectivity index (χ0n) is 11.5. The van der Waals surface area contributed by atoms with Crippen LogP contribution in [0.2, 0.25) is 0 Å². The van der Waals surface area contributed by atoms with E-state index in [0.29, 0.717) is 5.92 Å². The fourth-order valence-electron chi connectivity index (χ4n) is 3.68. The predicted molar refractivity (Wildman–Crippen MR) is 75.9 cm³/mol. The van der Waals surface area contributed by atoms with Crippen molar-refractivity contribution in [3.8, 4) is 0 Å². The number of rotatable bonds is 3. The first-order valence-electron chi connectivity index (χ1n) is 7.66. The molecule has 2 fully saturated rings. The van der Waals surface area contributed by atoms with Gasteiger partial charge in [0.1, 0.15) is 0 Å². The SMILES string of the molecule is OC(C1CC1c1ccccc1)C1(O)CCCCCC1. The molecule has 0 saturated heterocycles. The first kappa shape index (κ1) is 13.1. The third-order valence-corrected chi connectivity index (χ3v) is 4.99. The Morgan fingerprint density at radius 2 is 1.63 bits per heavy atom. The van der Waals surface area contributed by atoms with E-state index in [-0.39, 0.29) is 5.92 Å². The molecule has 19 heavy (non-hydrogen) atoms. The Morgan fingerprint density at radius 3 is 2.26 bits per heavy atom. The van der Waals surface area contributed by atoms with Crippen LogP contribution in [0, 0.1) is 5.92 Å². The maximum absolute atomic E-state index is 10.7. The van der Waals surface area contributed by atoms with Gasteiger partial charge in [-0.25, -0.2) is 0 Å². The highest BCUT2D eigenvalue weighted by atomic mass is 16.3. The first-order chi connectivity index (χ1) is 9.21. The lowest BCUT2D eigenvalue weighted by molar-refractivity contribution is -0.0944. The number of hydrogen-bond acceptors (Lipinski definition) is 2. The van der Waals surface area contributed by atoms with Gasteiger partial charge in [0.05, 0.1) is 11.7 Å². The van der Waals surface area contributed by atoms with Crippen molar-refractivity contribution in [2.45, 2.75) is 62.6 Å². The molecule has 2 N–H and O–H groups in total. The molecule has 2 aliphatic carbocycles. The second-order valence-electron chi connectivity index (χ2n) is 6.38. The monoisotopic (exact) mass is 260 g/mol. The second-order valence-corrected chi connectivity index (χ2v) is 6.38. The summed E-state index contributed by atoms with van der Waals surface area (Å²) in [5.74, 6) is 0.703. The molecule has 0 aromatic heterocycles. The summed E-state index contributed by atoms with van der Waals surface area (Å²) < 4.78 is 0. The second kappa shape index (κ2) is 5.26. The molecule has 1 aromatic carbocycles. The molecule has 0 spiro atoms. The van der Waals surface area contributed by atoms with Crippen LogP contribution in [0.1, 0.15) is 56.4 Å². The summed E-state index contributed by atoms with van der Waals surface area (Å²) in [6.45, 7) is 0. The van der Waals surface area contributed by atoms with Gasteiger partial charge in [-0.3, -0.25) is 0 Å². The Bertz CT molecular complexity index is 407. The maximum Gasteiger partial charge on any atom is 0.0908 e. The van der Waals surface area contributed by atoms with Gasteiger partial charge in [-0.05, 0) is 36.7 Å². The molecule has 0 heterocycles. The highest BCUT2D eigenvalue weighted by Gasteiger charge is 2.51. The van der Waals surface area contributed by atoms with Crippen LogP contribution < -0.4 is 0 Å². The van der Waals surface area contributed by atoms with Crippen LogP contribution in [0.4, 0.5) is 0 Å². The largest absolute Gasteiger partial charge is 0.390 e. The molecule has 0 bridgehead atoms. The molecule has 0 aliphatic heterocycles. The van der Waals surface area contributed by atoms with Gasteiger partial charge in [0, 0.05) is 0 Å². The van der Waals surface area contributed by atoms with Crippen molar-refractivity contribution in [3.05, 3.63) is 35.9 Å². The molecular weight excluding hydrogens is 236 g/mol. The summed E-state index contributed by atoms with van der Waals surface area (Å²) in [5, 5.41) is 21.3. The van der Waals surface area contributed by atoms with E-state index in [1.165, 1.54) is 18.4 Å². The van der Waals surface area contributed by atoms with Gasteiger partial charge in [0.2, 0.25) is 0 Å². The summed E-state index contributed by atoms with van der Waals surface area (Å²) in [5.41, 5.74) is 0.480. The summed E-state index contributed by atoms with van der Waals surface area (Å²) in [6, 6.07) is 10.4. The number of aliphatic hydroxyl groups excluding tert-OH is 1. The molecule has 3 unspecified atom stereocenters. The van der Waals surface area contributed by atoms with E-state index in [9.17, 15) is 10.2 Å². The number of hydrogen-bond donors (Lipinski definition) is 2. The molecular formula is C17H24O2. The minimum atomic E-state index is -0.829. The molecule has 2 nitrogen and oxygen atoms in total. The van der Waals surface area contributed by atoms with E-state index >= 15 is 0 Å². The third-order valence-electron chi connectivity index (χ3n) is 4.99. The van der Waals surface area contributed by atoms with E-state index in [1.807, 2.05) is 6.07 Å². The zero-order valence-corrected chi connectivity index (χ0v) is 11.5. The number of benzene rings is 1. The molecule has 0 radical (unpaired) electrons. The topological polar surface area (TPSA) is 40.5 Å². The fraction of sp³-hybridized carbons (Fsp3) is 0.647. The Hall–Kier alpha value is -0.860. The van der Waals surface area contributed by atoms with E-state index in [0.717, 1.165) is 32.1 Å². The van der Waals surface area contributed by atoms with Gasteiger partial charge >= 0.3 is 0 Å². The van der Waals surface area contributed by atoms with Crippen LogP contribution in [-0.4, -0.2) is 21.9 Å². The average molecular weight is 260 g/mol. The van der Waals surface area contributed by atoms with Crippen molar-refractivity contribution in [2.75, 3.05) is 0 Å². The Morgan fingerprint density at radius 1 is 1.00 bits per heavy atom. The van der Waals surface area contributed by atoms with Gasteiger partial charge in [0.25, 0.3) is 0 Å². The molecule has 3 rings (SSSR count). The summed E-state index contributed by atoms with van der Waals surface area (Å²) in [4.78, 5) is 0.